The predicted octanol–water partition coefficient (Wildman–Crippen LogP) is 3.85. The number of ether oxygens (including phenoxy) is 1. The van der Waals surface area contributed by atoms with Crippen LogP contribution in [-0.2, 0) is 22.0 Å². The van der Waals surface area contributed by atoms with Crippen LogP contribution in [0.5, 0.6) is 0 Å². The molecule has 0 radical (unpaired) electrons. The normalized spacial score (nSPS) is 10.4. The highest BCUT2D eigenvalue weighted by Gasteiger charge is 2.10. The minimum atomic E-state index is -0.227. The number of alkyl halides is 1. The molecule has 116 valence electrons. The van der Waals surface area contributed by atoms with Gasteiger partial charge in [-0.2, -0.15) is 0 Å². The third kappa shape index (κ3) is 4.35. The fraction of sp³-hybridized carbons (Fsp3) is 0.467. The molecule has 0 saturated heterocycles. The molecule has 0 atom stereocenters. The van der Waals surface area contributed by atoms with Crippen LogP contribution in [0.15, 0.2) is 18.2 Å². The second-order valence-corrected chi connectivity index (χ2v) is 5.07. The zero-order valence-corrected chi connectivity index (χ0v) is 13.8. The number of para-hydroxylation sites is 1. The highest BCUT2D eigenvalue weighted by Crippen LogP contribution is 2.21. The Labute approximate surface area is 135 Å². The number of carbonyl (C=O) groups excluding carboxylic acids is 1. The number of hydrogen-bond acceptors (Lipinski definition) is 3. The molecular formula is C15H20Cl2N2O2. The number of fused-ring (bicyclic) bond motifs is 1. The first-order valence-corrected chi connectivity index (χ1v) is 7.31. The number of aromatic nitrogens is 2. The lowest BCUT2D eigenvalue weighted by Crippen LogP contribution is -2.05. The number of esters is 1. The van der Waals surface area contributed by atoms with Crippen molar-refractivity contribution in [2.75, 3.05) is 6.61 Å². The molecule has 0 fully saturated rings. The molecule has 0 bridgehead atoms. The molecule has 4 nitrogen and oxygen atoms in total. The Balaban J connectivity index is 0.00000220. The summed E-state index contributed by atoms with van der Waals surface area (Å²) in [4.78, 5) is 15.3. The largest absolute Gasteiger partial charge is 0.466 e. The maximum absolute atomic E-state index is 10.7. The van der Waals surface area contributed by atoms with E-state index in [1.807, 2.05) is 6.07 Å². The molecule has 0 aliphatic heterocycles. The van der Waals surface area contributed by atoms with E-state index < -0.39 is 0 Å². The summed E-state index contributed by atoms with van der Waals surface area (Å²) in [5.74, 6) is 1.07. The fourth-order valence-corrected chi connectivity index (χ4v) is 2.48. The SMILES string of the molecule is CC(=O)OCCCCn1c(CCl)nc2c(C)cccc21.Cl. The Morgan fingerprint density at radius 1 is 1.38 bits per heavy atom. The van der Waals surface area contributed by atoms with E-state index in [9.17, 15) is 4.79 Å². The minimum absolute atomic E-state index is 0. The summed E-state index contributed by atoms with van der Waals surface area (Å²) in [6.07, 6.45) is 1.77. The number of benzene rings is 1. The monoisotopic (exact) mass is 330 g/mol. The lowest BCUT2D eigenvalue weighted by atomic mass is 10.2. The zero-order chi connectivity index (χ0) is 14.5. The number of imidazole rings is 1. The van der Waals surface area contributed by atoms with Gasteiger partial charge in [0.05, 0.1) is 23.5 Å². The summed E-state index contributed by atoms with van der Waals surface area (Å²) in [7, 11) is 0. The van der Waals surface area contributed by atoms with E-state index in [2.05, 4.69) is 28.6 Å². The lowest BCUT2D eigenvalue weighted by molar-refractivity contribution is -0.141. The Bertz CT molecular complexity index is 611. The van der Waals surface area contributed by atoms with Crippen LogP contribution >= 0.6 is 24.0 Å². The van der Waals surface area contributed by atoms with E-state index >= 15 is 0 Å². The Kier molecular flexibility index (Phi) is 6.99. The van der Waals surface area contributed by atoms with Crippen LogP contribution in [-0.4, -0.2) is 22.1 Å². The molecule has 0 spiro atoms. The van der Waals surface area contributed by atoms with Crippen molar-refractivity contribution in [3.8, 4) is 0 Å². The van der Waals surface area contributed by atoms with E-state index in [1.165, 1.54) is 6.92 Å². The molecule has 0 unspecified atom stereocenters. The molecule has 2 rings (SSSR count). The van der Waals surface area contributed by atoms with E-state index in [-0.39, 0.29) is 18.4 Å². The van der Waals surface area contributed by atoms with Crippen LogP contribution in [0.1, 0.15) is 31.2 Å². The topological polar surface area (TPSA) is 44.1 Å². The van der Waals surface area contributed by atoms with Crippen molar-refractivity contribution in [1.82, 2.24) is 9.55 Å². The van der Waals surface area contributed by atoms with Gasteiger partial charge in [-0.05, 0) is 31.4 Å². The number of aryl methyl sites for hydroxylation is 2. The fourth-order valence-electron chi connectivity index (χ4n) is 2.27. The molecule has 6 heteroatoms. The minimum Gasteiger partial charge on any atom is -0.466 e. The first-order valence-electron chi connectivity index (χ1n) is 6.77. The number of halogens is 2. The van der Waals surface area contributed by atoms with E-state index in [4.69, 9.17) is 16.3 Å². The van der Waals surface area contributed by atoms with Crippen LogP contribution in [0.4, 0.5) is 0 Å². The molecule has 21 heavy (non-hydrogen) atoms. The molecule has 0 saturated carbocycles. The smallest absolute Gasteiger partial charge is 0.302 e. The molecule has 1 aromatic heterocycles. The summed E-state index contributed by atoms with van der Waals surface area (Å²) >= 11 is 5.98. The van der Waals surface area contributed by atoms with Crippen LogP contribution in [0.2, 0.25) is 0 Å². The third-order valence-corrected chi connectivity index (χ3v) is 3.50. The molecule has 0 amide bonds. The van der Waals surface area contributed by atoms with Crippen molar-refractivity contribution in [2.24, 2.45) is 0 Å². The van der Waals surface area contributed by atoms with Crippen molar-refractivity contribution < 1.29 is 9.53 Å². The number of nitrogens with zero attached hydrogens (tertiary/aromatic N) is 2. The summed E-state index contributed by atoms with van der Waals surface area (Å²) in [5, 5.41) is 0. The van der Waals surface area contributed by atoms with Gasteiger partial charge in [0.15, 0.2) is 0 Å². The van der Waals surface area contributed by atoms with Crippen molar-refractivity contribution >= 4 is 41.0 Å². The predicted molar refractivity (Wildman–Crippen MR) is 87.1 cm³/mol. The zero-order valence-electron chi connectivity index (χ0n) is 12.3. The van der Waals surface area contributed by atoms with Crippen molar-refractivity contribution in [3.05, 3.63) is 29.6 Å². The highest BCUT2D eigenvalue weighted by molar-refractivity contribution is 6.16. The summed E-state index contributed by atoms with van der Waals surface area (Å²) < 4.78 is 7.09. The molecule has 0 aliphatic carbocycles. The molecule has 0 aliphatic rings. The maximum atomic E-state index is 10.7. The summed E-state index contributed by atoms with van der Waals surface area (Å²) in [6.45, 7) is 4.79. The highest BCUT2D eigenvalue weighted by atomic mass is 35.5. The number of carbonyl (C=O) groups is 1. The van der Waals surface area contributed by atoms with Crippen LogP contribution in [0, 0.1) is 6.92 Å². The first-order chi connectivity index (χ1) is 9.63. The first kappa shape index (κ1) is 17.8. The Morgan fingerprint density at radius 2 is 2.14 bits per heavy atom. The standard InChI is InChI=1S/C15H19ClN2O2.ClH/c1-11-6-5-7-13-15(11)17-14(10-16)18(13)8-3-4-9-20-12(2)19;/h5-7H,3-4,8-10H2,1-2H3;1H. The van der Waals surface area contributed by atoms with Gasteiger partial charge in [0, 0.05) is 13.5 Å². The number of unbranched alkanes of at least 4 members (excludes halogenated alkanes) is 1. The average Bonchev–Trinajstić information content (AvgIpc) is 2.78. The number of hydrogen-bond donors (Lipinski definition) is 0. The second kappa shape index (κ2) is 8.25. The van der Waals surface area contributed by atoms with Gasteiger partial charge in [-0.1, -0.05) is 12.1 Å². The van der Waals surface area contributed by atoms with Gasteiger partial charge >= 0.3 is 5.97 Å². The molecular weight excluding hydrogens is 311 g/mol. The van der Waals surface area contributed by atoms with Gasteiger partial charge in [0.2, 0.25) is 0 Å². The van der Waals surface area contributed by atoms with Gasteiger partial charge in [-0.25, -0.2) is 4.98 Å². The maximum Gasteiger partial charge on any atom is 0.302 e. The molecule has 2 aromatic rings. The van der Waals surface area contributed by atoms with Crippen LogP contribution < -0.4 is 0 Å². The number of rotatable bonds is 6. The van der Waals surface area contributed by atoms with Gasteiger partial charge in [-0.15, -0.1) is 24.0 Å². The second-order valence-electron chi connectivity index (χ2n) is 4.80. The van der Waals surface area contributed by atoms with Gasteiger partial charge < -0.3 is 9.30 Å². The van der Waals surface area contributed by atoms with E-state index in [0.29, 0.717) is 12.5 Å². The molecule has 1 aromatic carbocycles. The van der Waals surface area contributed by atoms with Crippen LogP contribution in [0.3, 0.4) is 0 Å². The third-order valence-electron chi connectivity index (χ3n) is 3.26. The summed E-state index contributed by atoms with van der Waals surface area (Å²) in [6, 6.07) is 6.16. The quantitative estimate of drug-likeness (QED) is 0.459. The van der Waals surface area contributed by atoms with Crippen molar-refractivity contribution in [3.63, 3.8) is 0 Å². The van der Waals surface area contributed by atoms with Gasteiger partial charge in [0.25, 0.3) is 0 Å². The molecule has 0 N–H and O–H groups in total. The summed E-state index contributed by atoms with van der Waals surface area (Å²) in [5.41, 5.74) is 3.30. The van der Waals surface area contributed by atoms with E-state index in [0.717, 1.165) is 41.8 Å². The Hall–Kier alpha value is -1.26. The molecule has 1 heterocycles. The lowest BCUT2D eigenvalue weighted by Gasteiger charge is -2.08. The van der Waals surface area contributed by atoms with Crippen LogP contribution in [0.25, 0.3) is 11.0 Å². The van der Waals surface area contributed by atoms with Gasteiger partial charge in [-0.3, -0.25) is 4.79 Å². The average molecular weight is 331 g/mol. The van der Waals surface area contributed by atoms with Crippen molar-refractivity contribution in [2.45, 2.75) is 39.1 Å². The van der Waals surface area contributed by atoms with Gasteiger partial charge in [0.1, 0.15) is 5.82 Å². The van der Waals surface area contributed by atoms with E-state index in [1.54, 1.807) is 0 Å². The Morgan fingerprint density at radius 3 is 2.81 bits per heavy atom. The van der Waals surface area contributed by atoms with Crippen molar-refractivity contribution in [1.29, 1.82) is 0 Å².